The Morgan fingerprint density at radius 2 is 0.881 bits per heavy atom. The van der Waals surface area contributed by atoms with Crippen LogP contribution >= 0.6 is 0 Å². The van der Waals surface area contributed by atoms with Crippen molar-refractivity contribution in [2.45, 2.75) is 5.41 Å². The molecule has 0 saturated carbocycles. The van der Waals surface area contributed by atoms with Crippen molar-refractivity contribution >= 4 is 51.2 Å². The minimum Gasteiger partial charge on any atom is -0.454 e. The molecule has 2 aliphatic rings. The minimum atomic E-state index is -0.466. The van der Waals surface area contributed by atoms with Crippen molar-refractivity contribution in [3.05, 3.63) is 246 Å². The summed E-state index contributed by atoms with van der Waals surface area (Å²) in [5.41, 5.74) is 19.5. The Hall–Kier alpha value is -7.68. The van der Waals surface area contributed by atoms with E-state index in [0.717, 1.165) is 44.6 Å². The zero-order chi connectivity index (χ0) is 38.9. The van der Waals surface area contributed by atoms with E-state index in [-0.39, 0.29) is 0 Å². The van der Waals surface area contributed by atoms with Gasteiger partial charge in [-0.3, -0.25) is 0 Å². The predicted molar refractivity (Wildman–Crippen MR) is 246 cm³/mol. The zero-order valence-electron chi connectivity index (χ0n) is 32.2. The van der Waals surface area contributed by atoms with E-state index < -0.39 is 5.41 Å². The molecule has 0 saturated heterocycles. The van der Waals surface area contributed by atoms with Crippen molar-refractivity contribution in [3.8, 4) is 33.4 Å². The lowest BCUT2D eigenvalue weighted by molar-refractivity contribution is 0.669. The maximum Gasteiger partial charge on any atom is 0.159 e. The van der Waals surface area contributed by atoms with E-state index in [1.807, 2.05) is 6.07 Å². The first-order valence-electron chi connectivity index (χ1n) is 20.3. The average molecular weight is 752 g/mol. The molecule has 2 nitrogen and oxygen atoms in total. The van der Waals surface area contributed by atoms with Crippen LogP contribution in [0.3, 0.4) is 0 Å². The van der Waals surface area contributed by atoms with Gasteiger partial charge < -0.3 is 9.32 Å². The van der Waals surface area contributed by atoms with Gasteiger partial charge in [-0.05, 0) is 109 Å². The molecule has 1 spiro atoms. The number of rotatable bonds is 5. The van der Waals surface area contributed by atoms with Gasteiger partial charge in [0.15, 0.2) is 5.58 Å². The Morgan fingerprint density at radius 1 is 0.356 bits per heavy atom. The number of fused-ring (bicyclic) bond motifs is 12. The summed E-state index contributed by atoms with van der Waals surface area (Å²) in [5, 5.41) is 2.22. The molecule has 0 radical (unpaired) electrons. The van der Waals surface area contributed by atoms with Crippen LogP contribution in [0.5, 0.6) is 0 Å². The number of hydrogen-bond donors (Lipinski definition) is 0. The molecule has 276 valence electrons. The fourth-order valence-electron chi connectivity index (χ4n) is 9.90. The third-order valence-electron chi connectivity index (χ3n) is 12.5. The lowest BCUT2D eigenvalue weighted by Crippen LogP contribution is -2.29. The van der Waals surface area contributed by atoms with Crippen LogP contribution in [0.4, 0.5) is 17.1 Å². The van der Waals surface area contributed by atoms with Gasteiger partial charge in [-0.15, -0.1) is 0 Å². The largest absolute Gasteiger partial charge is 0.454 e. The second-order valence-electron chi connectivity index (χ2n) is 15.6. The number of anilines is 3. The van der Waals surface area contributed by atoms with Crippen molar-refractivity contribution in [2.75, 3.05) is 4.90 Å². The van der Waals surface area contributed by atoms with Crippen molar-refractivity contribution in [1.82, 2.24) is 0 Å². The number of benzene rings is 9. The summed E-state index contributed by atoms with van der Waals surface area (Å²) in [7, 11) is 0. The van der Waals surface area contributed by atoms with Gasteiger partial charge in [-0.1, -0.05) is 182 Å². The van der Waals surface area contributed by atoms with Gasteiger partial charge in [0.1, 0.15) is 5.58 Å². The molecule has 1 heterocycles. The number of para-hydroxylation sites is 2. The average Bonchev–Trinajstić information content (AvgIpc) is 3.78. The third-order valence-corrected chi connectivity index (χ3v) is 12.5. The Balaban J connectivity index is 1.01. The maximum absolute atomic E-state index is 6.63. The van der Waals surface area contributed by atoms with Crippen LogP contribution in [-0.2, 0) is 5.41 Å². The van der Waals surface area contributed by atoms with Crippen LogP contribution < -0.4 is 4.90 Å². The molecule has 2 aliphatic carbocycles. The summed E-state index contributed by atoms with van der Waals surface area (Å²) in [6.45, 7) is 0. The fourth-order valence-corrected chi connectivity index (χ4v) is 9.90. The molecular weight excluding hydrogens is 715 g/mol. The molecule has 0 aliphatic heterocycles. The number of hydrogen-bond acceptors (Lipinski definition) is 2. The molecule has 0 bridgehead atoms. The van der Waals surface area contributed by atoms with Gasteiger partial charge in [-0.2, -0.15) is 0 Å². The van der Waals surface area contributed by atoms with Crippen LogP contribution in [0, 0.1) is 0 Å². The highest BCUT2D eigenvalue weighted by Crippen LogP contribution is 2.59. The van der Waals surface area contributed by atoms with Crippen molar-refractivity contribution in [3.63, 3.8) is 0 Å². The van der Waals surface area contributed by atoms with E-state index >= 15 is 0 Å². The Labute approximate surface area is 343 Å². The van der Waals surface area contributed by atoms with Crippen LogP contribution in [0.15, 0.2) is 217 Å². The highest BCUT2D eigenvalue weighted by Gasteiger charge is 2.48. The van der Waals surface area contributed by atoms with Gasteiger partial charge >= 0.3 is 0 Å². The van der Waals surface area contributed by atoms with Crippen LogP contribution in [0.25, 0.3) is 67.5 Å². The first-order chi connectivity index (χ1) is 29.3. The van der Waals surface area contributed by atoms with Crippen molar-refractivity contribution < 1.29 is 4.42 Å². The second-order valence-corrected chi connectivity index (χ2v) is 15.6. The normalized spacial score (nSPS) is 13.2. The Morgan fingerprint density at radius 3 is 1.59 bits per heavy atom. The van der Waals surface area contributed by atoms with E-state index in [0.29, 0.717) is 0 Å². The molecule has 0 unspecified atom stereocenters. The maximum atomic E-state index is 6.63. The summed E-state index contributed by atoms with van der Waals surface area (Å²) < 4.78 is 6.63. The van der Waals surface area contributed by atoms with E-state index in [9.17, 15) is 0 Å². The summed E-state index contributed by atoms with van der Waals surface area (Å²) in [6, 6.07) is 77.2. The molecule has 0 atom stereocenters. The van der Waals surface area contributed by atoms with Gasteiger partial charge in [-0.25, -0.2) is 0 Å². The minimum absolute atomic E-state index is 0.466. The quantitative estimate of drug-likeness (QED) is 0.174. The van der Waals surface area contributed by atoms with E-state index in [1.165, 1.54) is 61.2 Å². The summed E-state index contributed by atoms with van der Waals surface area (Å²) >= 11 is 0. The molecule has 0 fully saturated rings. The highest BCUT2D eigenvalue weighted by atomic mass is 16.3. The first kappa shape index (κ1) is 33.5. The monoisotopic (exact) mass is 751 g/mol. The lowest BCUT2D eigenvalue weighted by atomic mass is 9.66. The molecule has 1 aromatic heterocycles. The molecule has 59 heavy (non-hydrogen) atoms. The molecule has 12 rings (SSSR count). The fraction of sp³-hybridized carbons (Fsp3) is 0.0175. The zero-order valence-corrected chi connectivity index (χ0v) is 32.2. The van der Waals surface area contributed by atoms with Gasteiger partial charge in [0, 0.05) is 22.1 Å². The van der Waals surface area contributed by atoms with Gasteiger partial charge in [0.25, 0.3) is 0 Å². The molecule has 0 N–H and O–H groups in total. The predicted octanol–water partition coefficient (Wildman–Crippen LogP) is 15.2. The topological polar surface area (TPSA) is 16.4 Å². The smallest absolute Gasteiger partial charge is 0.159 e. The molecule has 9 aromatic carbocycles. The van der Waals surface area contributed by atoms with Crippen LogP contribution in [-0.4, -0.2) is 0 Å². The molecule has 10 aromatic rings. The highest BCUT2D eigenvalue weighted by molar-refractivity contribution is 6.10. The molecule has 2 heteroatoms. The SMILES string of the molecule is C1=Cc2ccccc2C2(c3ccccc31)c1ccccc1-c1ccc(-c3ccc(N(c4ccc(-c5ccccc5)cc4)c4cccc5c4oc4ccccc45)cc3)cc12. The summed E-state index contributed by atoms with van der Waals surface area (Å²) in [5.74, 6) is 0. The van der Waals surface area contributed by atoms with E-state index in [1.54, 1.807) is 0 Å². The second kappa shape index (κ2) is 13.2. The van der Waals surface area contributed by atoms with E-state index in [2.05, 4.69) is 223 Å². The molecule has 0 amide bonds. The lowest BCUT2D eigenvalue weighted by Gasteiger charge is -2.35. The van der Waals surface area contributed by atoms with Crippen LogP contribution in [0.1, 0.15) is 33.4 Å². The van der Waals surface area contributed by atoms with Gasteiger partial charge in [0.2, 0.25) is 0 Å². The summed E-state index contributed by atoms with van der Waals surface area (Å²) in [6.07, 6.45) is 4.58. The third kappa shape index (κ3) is 5.06. The standard InChI is InChI=1S/C57H37NO/c1-2-13-38(14-3-1)39-27-32-44(33-28-39)58(54-23-12-19-49-48-18-7-11-24-55(48)59-56(49)54)45-34-29-40(30-35-45)43-31-36-47-46-17-6-10-22-52(46)57(53(47)37-43)50-20-8-4-15-41(50)25-26-42-16-5-9-21-51(42)57/h1-37H. The van der Waals surface area contributed by atoms with Gasteiger partial charge in [0.05, 0.1) is 11.1 Å². The van der Waals surface area contributed by atoms with Crippen molar-refractivity contribution in [1.29, 1.82) is 0 Å². The van der Waals surface area contributed by atoms with Crippen molar-refractivity contribution in [2.24, 2.45) is 0 Å². The van der Waals surface area contributed by atoms with E-state index in [4.69, 9.17) is 4.42 Å². The Bertz CT molecular complexity index is 3210. The number of nitrogens with zero attached hydrogens (tertiary/aromatic N) is 1. The van der Waals surface area contributed by atoms with Crippen LogP contribution in [0.2, 0.25) is 0 Å². The first-order valence-corrected chi connectivity index (χ1v) is 20.3. The Kier molecular flexibility index (Phi) is 7.48. The summed E-state index contributed by atoms with van der Waals surface area (Å²) in [4.78, 5) is 2.32. The number of furan rings is 1. The molecular formula is C57H37NO.